The number of hydrogen-bond acceptors (Lipinski definition) is 10. The highest BCUT2D eigenvalue weighted by molar-refractivity contribution is 5.94. The van der Waals surface area contributed by atoms with Gasteiger partial charge in [-0.3, -0.25) is 24.4 Å². The largest absolute Gasteiger partial charge is 0.508 e. The molecule has 0 fully saturated rings. The first-order chi connectivity index (χ1) is 21.5. The van der Waals surface area contributed by atoms with Gasteiger partial charge in [-0.15, -0.1) is 0 Å². The van der Waals surface area contributed by atoms with E-state index in [1.165, 1.54) is 43.8 Å². The summed E-state index contributed by atoms with van der Waals surface area (Å²) >= 11 is 0. The lowest BCUT2D eigenvalue weighted by atomic mass is 9.89. The first kappa shape index (κ1) is 36.9. The van der Waals surface area contributed by atoms with Gasteiger partial charge in [-0.25, -0.2) is 5.48 Å². The molecule has 45 heavy (non-hydrogen) atoms. The van der Waals surface area contributed by atoms with Crippen LogP contribution < -0.4 is 16.1 Å². The van der Waals surface area contributed by atoms with Gasteiger partial charge in [-0.2, -0.15) is 0 Å². The number of phenolic OH excluding ortho intramolecular Hbond substituents is 2. The maximum Gasteiger partial charge on any atom is 0.243 e. The van der Waals surface area contributed by atoms with Gasteiger partial charge in [-0.1, -0.05) is 24.3 Å². The summed E-state index contributed by atoms with van der Waals surface area (Å²) < 4.78 is 10.3. The summed E-state index contributed by atoms with van der Waals surface area (Å²) in [6, 6.07) is 11.2. The van der Waals surface area contributed by atoms with Gasteiger partial charge in [0.25, 0.3) is 0 Å². The number of ketones is 2. The Balaban J connectivity index is 2.25. The fourth-order valence-electron chi connectivity index (χ4n) is 4.63. The molecule has 1 unspecified atom stereocenters. The molecule has 0 aliphatic heterocycles. The Morgan fingerprint density at radius 3 is 1.93 bits per heavy atom. The molecule has 13 heteroatoms. The van der Waals surface area contributed by atoms with Crippen molar-refractivity contribution in [3.63, 3.8) is 0 Å². The van der Waals surface area contributed by atoms with Gasteiger partial charge >= 0.3 is 0 Å². The maximum absolute atomic E-state index is 13.7. The zero-order valence-corrected chi connectivity index (χ0v) is 25.6. The molecule has 0 saturated heterocycles. The molecular weight excluding hydrogens is 586 g/mol. The van der Waals surface area contributed by atoms with E-state index in [4.69, 9.17) is 14.7 Å². The van der Waals surface area contributed by atoms with Crippen LogP contribution in [-0.4, -0.2) is 84.2 Å². The summed E-state index contributed by atoms with van der Waals surface area (Å²) in [5, 5.41) is 33.7. The summed E-state index contributed by atoms with van der Waals surface area (Å²) in [6.07, 6.45) is -0.472. The number of ether oxygens (including phenoxy) is 2. The monoisotopic (exact) mass is 629 g/mol. The SMILES string of the molecule is COCCOCCNC(=O)C(CCC(=O)NO)CC(=O)[C@H](Cc1ccc(O)cc1)NC(=O)[C@@H](CC(C)=O)Cc1ccc(O)cc1. The van der Waals surface area contributed by atoms with Gasteiger partial charge in [0.1, 0.15) is 17.3 Å². The van der Waals surface area contributed by atoms with Crippen LogP contribution in [0.2, 0.25) is 0 Å². The van der Waals surface area contributed by atoms with Crippen LogP contribution >= 0.6 is 0 Å². The third kappa shape index (κ3) is 14.3. The first-order valence-electron chi connectivity index (χ1n) is 14.7. The van der Waals surface area contributed by atoms with E-state index < -0.39 is 41.4 Å². The van der Waals surface area contributed by atoms with Gasteiger partial charge in [0.2, 0.25) is 17.7 Å². The smallest absolute Gasteiger partial charge is 0.243 e. The Bertz CT molecular complexity index is 1250. The first-order valence-corrected chi connectivity index (χ1v) is 14.7. The minimum atomic E-state index is -1.10. The van der Waals surface area contributed by atoms with Crippen molar-refractivity contribution < 1.29 is 48.9 Å². The Labute approximate surface area is 262 Å². The molecular formula is C32H43N3O10. The second kappa shape index (κ2) is 19.8. The van der Waals surface area contributed by atoms with Crippen molar-refractivity contribution in [2.75, 3.05) is 33.5 Å². The van der Waals surface area contributed by atoms with Gasteiger partial charge in [-0.05, 0) is 61.6 Å². The van der Waals surface area contributed by atoms with E-state index in [-0.39, 0.29) is 69.0 Å². The van der Waals surface area contributed by atoms with Crippen molar-refractivity contribution in [1.82, 2.24) is 16.1 Å². The number of nitrogens with one attached hydrogen (secondary N) is 3. The summed E-state index contributed by atoms with van der Waals surface area (Å²) in [5.41, 5.74) is 2.85. The second-order valence-electron chi connectivity index (χ2n) is 10.7. The Morgan fingerprint density at radius 1 is 0.778 bits per heavy atom. The van der Waals surface area contributed by atoms with E-state index in [2.05, 4.69) is 10.6 Å². The van der Waals surface area contributed by atoms with Crippen LogP contribution in [0.25, 0.3) is 0 Å². The van der Waals surface area contributed by atoms with Gasteiger partial charge in [0.05, 0.1) is 25.9 Å². The third-order valence-electron chi connectivity index (χ3n) is 7.04. The standard InChI is InChI=1S/C32H43N3O10/c1-21(36)17-25(18-22-3-8-26(37)9-4-22)32(42)34-28(19-23-5-10-27(38)11-6-23)29(39)20-24(7-12-30(40)35-43)31(41)33-13-14-45-16-15-44-2/h3-6,8-11,24-25,28,37-38,43H,7,12-20H2,1-2H3,(H,33,41)(H,34,42)(H,35,40)/t24?,25-,28-/m0/s1. The molecule has 0 radical (unpaired) electrons. The molecule has 0 saturated carbocycles. The molecule has 6 N–H and O–H groups in total. The molecule has 0 bridgehead atoms. The lowest BCUT2D eigenvalue weighted by molar-refractivity contribution is -0.134. The van der Waals surface area contributed by atoms with E-state index >= 15 is 0 Å². The molecule has 3 atom stereocenters. The van der Waals surface area contributed by atoms with Crippen LogP contribution in [0.1, 0.15) is 43.7 Å². The number of methoxy groups -OCH3 is 1. The average Bonchev–Trinajstić information content (AvgIpc) is 3.01. The number of carbonyl (C=O) groups is 5. The van der Waals surface area contributed by atoms with E-state index in [9.17, 15) is 34.2 Å². The summed E-state index contributed by atoms with van der Waals surface area (Å²) in [4.78, 5) is 64.1. The van der Waals surface area contributed by atoms with Crippen LogP contribution in [0.5, 0.6) is 11.5 Å². The van der Waals surface area contributed by atoms with Crippen LogP contribution in [0, 0.1) is 11.8 Å². The number of benzene rings is 2. The zero-order chi connectivity index (χ0) is 33.2. The minimum Gasteiger partial charge on any atom is -0.508 e. The molecule has 13 nitrogen and oxygen atoms in total. The molecule has 3 amide bonds. The summed E-state index contributed by atoms with van der Waals surface area (Å²) in [7, 11) is 1.53. The summed E-state index contributed by atoms with van der Waals surface area (Å²) in [6.45, 7) is 2.44. The maximum atomic E-state index is 13.7. The van der Waals surface area contributed by atoms with Crippen molar-refractivity contribution >= 4 is 29.3 Å². The normalized spacial score (nSPS) is 12.9. The molecule has 0 aliphatic carbocycles. The third-order valence-corrected chi connectivity index (χ3v) is 7.04. The van der Waals surface area contributed by atoms with E-state index in [0.29, 0.717) is 24.3 Å². The van der Waals surface area contributed by atoms with Gasteiger partial charge in [0.15, 0.2) is 5.78 Å². The number of amides is 3. The number of hydrogen-bond donors (Lipinski definition) is 6. The number of Topliss-reactive ketones (excluding diaryl/α,β-unsaturated/α-hetero) is 2. The zero-order valence-electron chi connectivity index (χ0n) is 25.6. The van der Waals surface area contributed by atoms with Crippen LogP contribution in [-0.2, 0) is 46.3 Å². The molecule has 2 rings (SSSR count). The number of aromatic hydroxyl groups is 2. The van der Waals surface area contributed by atoms with Gasteiger partial charge < -0.3 is 35.1 Å². The topological polar surface area (TPSA) is 201 Å². The van der Waals surface area contributed by atoms with E-state index in [1.54, 1.807) is 24.3 Å². The molecule has 2 aromatic carbocycles. The number of hydroxylamine groups is 1. The molecule has 0 aromatic heterocycles. The lowest BCUT2D eigenvalue weighted by Crippen LogP contribution is -2.47. The van der Waals surface area contributed by atoms with Crippen molar-refractivity contribution in [3.8, 4) is 11.5 Å². The van der Waals surface area contributed by atoms with Crippen molar-refractivity contribution in [3.05, 3.63) is 59.7 Å². The molecule has 0 aliphatic rings. The highest BCUT2D eigenvalue weighted by Gasteiger charge is 2.30. The fourth-order valence-corrected chi connectivity index (χ4v) is 4.63. The van der Waals surface area contributed by atoms with Crippen molar-refractivity contribution in [2.45, 2.75) is 51.5 Å². The Hall–Kier alpha value is -4.33. The quantitative estimate of drug-likeness (QED) is 0.0669. The number of carbonyl (C=O) groups excluding carboxylic acids is 5. The molecule has 2 aromatic rings. The van der Waals surface area contributed by atoms with Crippen molar-refractivity contribution in [2.24, 2.45) is 11.8 Å². The van der Waals surface area contributed by atoms with Gasteiger partial charge in [0, 0.05) is 44.8 Å². The highest BCUT2D eigenvalue weighted by atomic mass is 16.5. The fraction of sp³-hybridized carbons (Fsp3) is 0.469. The molecule has 0 heterocycles. The lowest BCUT2D eigenvalue weighted by Gasteiger charge is -2.24. The highest BCUT2D eigenvalue weighted by Crippen LogP contribution is 2.20. The average molecular weight is 630 g/mol. The minimum absolute atomic E-state index is 0.0196. The predicted octanol–water partition coefficient (Wildman–Crippen LogP) is 1.60. The van der Waals surface area contributed by atoms with Crippen LogP contribution in [0.15, 0.2) is 48.5 Å². The van der Waals surface area contributed by atoms with Crippen molar-refractivity contribution in [1.29, 1.82) is 0 Å². The number of phenols is 2. The molecule has 0 spiro atoms. The predicted molar refractivity (Wildman–Crippen MR) is 162 cm³/mol. The van der Waals surface area contributed by atoms with E-state index in [1.807, 2.05) is 0 Å². The number of rotatable bonds is 21. The summed E-state index contributed by atoms with van der Waals surface area (Å²) in [5.74, 6) is -4.16. The Morgan fingerprint density at radius 2 is 1.38 bits per heavy atom. The van der Waals surface area contributed by atoms with Crippen LogP contribution in [0.4, 0.5) is 0 Å². The molecule has 246 valence electrons. The Kier molecular flexibility index (Phi) is 16.3. The van der Waals surface area contributed by atoms with E-state index in [0.717, 1.165) is 0 Å². The second-order valence-corrected chi connectivity index (χ2v) is 10.7. The van der Waals surface area contributed by atoms with Crippen LogP contribution in [0.3, 0.4) is 0 Å².